The first-order valence-corrected chi connectivity index (χ1v) is 2.56. The van der Waals surface area contributed by atoms with Gasteiger partial charge in [-0.1, -0.05) is 0 Å². The minimum absolute atomic E-state index is 0. The highest BCUT2D eigenvalue weighted by Crippen LogP contribution is 1.95. The van der Waals surface area contributed by atoms with Crippen molar-refractivity contribution in [3.63, 3.8) is 0 Å². The third-order valence-corrected chi connectivity index (χ3v) is 1.01. The van der Waals surface area contributed by atoms with Crippen molar-refractivity contribution in [2.24, 2.45) is 0 Å². The van der Waals surface area contributed by atoms with Crippen LogP contribution in [0, 0.1) is 0 Å². The Morgan fingerprint density at radius 2 is 1.67 bits per heavy atom. The Morgan fingerprint density at radius 3 is 1.78 bits per heavy atom. The lowest BCUT2D eigenvalue weighted by atomic mass is 10.5. The van der Waals surface area contributed by atoms with Gasteiger partial charge in [-0.2, -0.15) is 4.39 Å². The molecule has 0 saturated carbocycles. The molecule has 0 atom stereocenters. The Kier molecular flexibility index (Phi) is 6.51. The first-order valence-electron chi connectivity index (χ1n) is 2.56. The number of hydrogen-bond acceptors (Lipinski definition) is 0. The maximum atomic E-state index is 11.8. The number of rotatable bonds is 3. The second-order valence-electron chi connectivity index (χ2n) is 2.47. The summed E-state index contributed by atoms with van der Waals surface area (Å²) >= 11 is 0. The van der Waals surface area contributed by atoms with E-state index in [4.69, 9.17) is 0 Å². The Balaban J connectivity index is 0. The first-order chi connectivity index (χ1) is 3.62. The predicted octanol–water partition coefficient (Wildman–Crippen LogP) is -2.04. The van der Waals surface area contributed by atoms with Gasteiger partial charge in [-0.3, -0.25) is 4.48 Å². The summed E-state index contributed by atoms with van der Waals surface area (Å²) in [7, 11) is 3.30. The van der Waals surface area contributed by atoms with Crippen LogP contribution in [0.3, 0.4) is 0 Å². The van der Waals surface area contributed by atoms with E-state index in [1.807, 2.05) is 0 Å². The van der Waals surface area contributed by atoms with E-state index in [-0.39, 0.29) is 23.4 Å². The average molecular weight is 160 g/mol. The van der Waals surface area contributed by atoms with Crippen LogP contribution in [0.25, 0.3) is 0 Å². The summed E-state index contributed by atoms with van der Waals surface area (Å²) in [4.78, 5) is 0. The summed E-state index contributed by atoms with van der Waals surface area (Å²) in [5, 5.41) is 0. The molecule has 58 valence electrons. The van der Waals surface area contributed by atoms with E-state index in [1.165, 1.54) is 0 Å². The molecule has 0 unspecified atom stereocenters. The second kappa shape index (κ2) is 4.94. The van der Waals surface area contributed by atoms with Crippen LogP contribution in [0.4, 0.5) is 8.78 Å². The Labute approximate surface area is 60.7 Å². The molecule has 0 aliphatic rings. The number of hydrogen-bond donors (Lipinski definition) is 0. The molecule has 0 bridgehead atoms. The van der Waals surface area contributed by atoms with E-state index in [2.05, 4.69) is 0 Å². The molecule has 0 heterocycles. The summed E-state index contributed by atoms with van der Waals surface area (Å²) in [5.74, 6) is 0. The minimum Gasteiger partial charge on any atom is -1.00 e. The Hall–Kier alpha value is 0.110. The van der Waals surface area contributed by atoms with E-state index in [9.17, 15) is 8.78 Å². The quantitative estimate of drug-likeness (QED) is 0.329. The van der Waals surface area contributed by atoms with Crippen molar-refractivity contribution in [3.05, 3.63) is 0 Å². The summed E-state index contributed by atoms with van der Waals surface area (Å²) in [5.41, 5.74) is 0. The molecule has 0 spiro atoms. The average Bonchev–Trinajstić information content (AvgIpc) is 1.67. The molecule has 0 fully saturated rings. The summed E-state index contributed by atoms with van der Waals surface area (Å²) in [6.45, 7) is -0.683. The number of halogens is 3. The van der Waals surface area contributed by atoms with Crippen molar-refractivity contribution in [1.29, 1.82) is 0 Å². The van der Waals surface area contributed by atoms with Crippen LogP contribution in [-0.4, -0.2) is 38.6 Å². The fraction of sp³-hybridized carbons (Fsp3) is 1.00. The molecule has 0 aliphatic carbocycles. The summed E-state index contributed by atoms with van der Waals surface area (Å²) in [6, 6.07) is 0. The third kappa shape index (κ3) is 5.99. The molecule has 0 aliphatic heterocycles. The molecular weight excluding hydrogens is 148 g/mol. The van der Waals surface area contributed by atoms with Crippen molar-refractivity contribution >= 4 is 0 Å². The zero-order valence-electron chi connectivity index (χ0n) is 5.70. The van der Waals surface area contributed by atoms with Gasteiger partial charge in [0.05, 0.1) is 14.1 Å². The molecule has 0 aromatic carbocycles. The zero-order chi connectivity index (χ0) is 6.62. The lowest BCUT2D eigenvalue weighted by Crippen LogP contribution is -3.00. The lowest BCUT2D eigenvalue weighted by molar-refractivity contribution is -0.902. The summed E-state index contributed by atoms with van der Waals surface area (Å²) < 4.78 is 23.4. The standard InChI is InChI=1S/C5H12F2N.ClH/c1-8(2,5-7)4-3-6;/h3-5H2,1-2H3;1H/q+1;/p-1. The van der Waals surface area contributed by atoms with E-state index in [0.717, 1.165) is 0 Å². The van der Waals surface area contributed by atoms with E-state index < -0.39 is 13.5 Å². The van der Waals surface area contributed by atoms with E-state index >= 15 is 0 Å². The molecule has 4 heteroatoms. The van der Waals surface area contributed by atoms with Gasteiger partial charge < -0.3 is 12.4 Å². The third-order valence-electron chi connectivity index (χ3n) is 1.01. The number of alkyl halides is 2. The van der Waals surface area contributed by atoms with Gasteiger partial charge >= 0.3 is 0 Å². The molecule has 0 aromatic heterocycles. The molecule has 0 amide bonds. The molecule has 1 nitrogen and oxygen atoms in total. The largest absolute Gasteiger partial charge is 1.00 e. The fourth-order valence-electron chi connectivity index (χ4n) is 0.289. The molecule has 0 aromatic rings. The lowest BCUT2D eigenvalue weighted by Gasteiger charge is -2.23. The van der Waals surface area contributed by atoms with E-state index in [0.29, 0.717) is 0 Å². The smallest absolute Gasteiger partial charge is 0.221 e. The maximum Gasteiger partial charge on any atom is 0.221 e. The van der Waals surface area contributed by atoms with Crippen LogP contribution in [0.15, 0.2) is 0 Å². The summed E-state index contributed by atoms with van der Waals surface area (Å²) in [6.07, 6.45) is 0. The molecule has 9 heavy (non-hydrogen) atoms. The van der Waals surface area contributed by atoms with Gasteiger partial charge in [-0.25, -0.2) is 4.39 Å². The van der Waals surface area contributed by atoms with Gasteiger partial charge in [0.25, 0.3) is 0 Å². The molecule has 0 saturated heterocycles. The topological polar surface area (TPSA) is 0 Å². The normalized spacial score (nSPS) is 10.7. The molecular formula is C5H12ClF2N. The van der Waals surface area contributed by atoms with Gasteiger partial charge in [-0.15, -0.1) is 0 Å². The minimum atomic E-state index is -0.496. The number of nitrogens with zero attached hydrogens (tertiary/aromatic N) is 1. The van der Waals surface area contributed by atoms with Crippen LogP contribution in [0.2, 0.25) is 0 Å². The highest BCUT2D eigenvalue weighted by molar-refractivity contribution is 4.22. The molecule has 0 rings (SSSR count). The Bertz CT molecular complexity index is 68.0. The van der Waals surface area contributed by atoms with Crippen molar-refractivity contribution in [2.75, 3.05) is 34.1 Å². The van der Waals surface area contributed by atoms with Crippen LogP contribution >= 0.6 is 0 Å². The first kappa shape index (κ1) is 11.9. The Morgan fingerprint density at radius 1 is 1.22 bits per heavy atom. The zero-order valence-corrected chi connectivity index (χ0v) is 6.46. The van der Waals surface area contributed by atoms with E-state index in [1.54, 1.807) is 14.1 Å². The van der Waals surface area contributed by atoms with Crippen LogP contribution in [0.5, 0.6) is 0 Å². The van der Waals surface area contributed by atoms with Crippen molar-refractivity contribution in [2.45, 2.75) is 0 Å². The van der Waals surface area contributed by atoms with Crippen LogP contribution < -0.4 is 12.4 Å². The predicted molar refractivity (Wildman–Crippen MR) is 28.9 cm³/mol. The van der Waals surface area contributed by atoms with Gasteiger partial charge in [0.1, 0.15) is 13.2 Å². The second-order valence-corrected chi connectivity index (χ2v) is 2.47. The highest BCUT2D eigenvalue weighted by atomic mass is 35.5. The van der Waals surface area contributed by atoms with Crippen LogP contribution in [0.1, 0.15) is 0 Å². The maximum absolute atomic E-state index is 11.8. The fourth-order valence-corrected chi connectivity index (χ4v) is 0.289. The number of quaternary nitrogens is 1. The van der Waals surface area contributed by atoms with Crippen molar-refractivity contribution < 1.29 is 25.7 Å². The van der Waals surface area contributed by atoms with Crippen LogP contribution in [-0.2, 0) is 0 Å². The van der Waals surface area contributed by atoms with Crippen molar-refractivity contribution in [3.8, 4) is 0 Å². The van der Waals surface area contributed by atoms with Gasteiger partial charge in [-0.05, 0) is 0 Å². The monoisotopic (exact) mass is 159 g/mol. The highest BCUT2D eigenvalue weighted by Gasteiger charge is 2.11. The molecule has 0 radical (unpaired) electrons. The van der Waals surface area contributed by atoms with Gasteiger partial charge in [0.15, 0.2) is 0 Å². The van der Waals surface area contributed by atoms with Gasteiger partial charge in [0.2, 0.25) is 6.80 Å². The van der Waals surface area contributed by atoms with Crippen molar-refractivity contribution in [1.82, 2.24) is 0 Å². The molecule has 0 N–H and O–H groups in total. The van der Waals surface area contributed by atoms with Gasteiger partial charge in [0, 0.05) is 0 Å². The SMILES string of the molecule is C[N+](C)(CF)CCF.[Cl-].